The summed E-state index contributed by atoms with van der Waals surface area (Å²) in [5.74, 6) is 2.21. The summed E-state index contributed by atoms with van der Waals surface area (Å²) >= 11 is 0. The summed E-state index contributed by atoms with van der Waals surface area (Å²) in [6.45, 7) is 5.17. The zero-order valence-electron chi connectivity index (χ0n) is 8.40. The Bertz CT molecular complexity index is 198. The van der Waals surface area contributed by atoms with E-state index in [9.17, 15) is 0 Å². The van der Waals surface area contributed by atoms with Crippen molar-refractivity contribution in [3.8, 4) is 0 Å². The first-order valence-electron chi connectivity index (χ1n) is 5.67. The molecule has 3 rings (SSSR count). The molecule has 12 heavy (non-hydrogen) atoms. The Kier molecular flexibility index (Phi) is 1.18. The Morgan fingerprint density at radius 1 is 0.917 bits per heavy atom. The van der Waals surface area contributed by atoms with E-state index in [0.717, 1.165) is 22.7 Å². The molecule has 0 heterocycles. The number of hydrogen-bond acceptors (Lipinski definition) is 0. The highest BCUT2D eigenvalue weighted by molar-refractivity contribution is 5.13. The zero-order valence-corrected chi connectivity index (χ0v) is 8.40. The third kappa shape index (κ3) is 0.561. The van der Waals surface area contributed by atoms with Crippen LogP contribution in [0.1, 0.15) is 52.4 Å². The van der Waals surface area contributed by atoms with Crippen molar-refractivity contribution in [2.45, 2.75) is 52.4 Å². The minimum Gasteiger partial charge on any atom is -0.0588 e. The molecule has 3 fully saturated rings. The van der Waals surface area contributed by atoms with Gasteiger partial charge in [0.1, 0.15) is 0 Å². The largest absolute Gasteiger partial charge is 0.0588 e. The van der Waals surface area contributed by atoms with Crippen LogP contribution in [0.5, 0.6) is 0 Å². The maximum Gasteiger partial charge on any atom is -0.0241 e. The highest BCUT2D eigenvalue weighted by Gasteiger charge is 2.63. The molecule has 0 aromatic carbocycles. The Balaban J connectivity index is 2.08. The summed E-state index contributed by atoms with van der Waals surface area (Å²) in [6.07, 6.45) is 9.26. The van der Waals surface area contributed by atoms with Gasteiger partial charge in [-0.05, 0) is 54.8 Å². The van der Waals surface area contributed by atoms with Crippen molar-refractivity contribution in [3.63, 3.8) is 0 Å². The smallest absolute Gasteiger partial charge is 0.0241 e. The monoisotopic (exact) mass is 164 g/mol. The van der Waals surface area contributed by atoms with E-state index in [1.165, 1.54) is 19.3 Å². The molecule has 0 aromatic rings. The van der Waals surface area contributed by atoms with Gasteiger partial charge in [-0.15, -0.1) is 0 Å². The fourth-order valence-electron chi connectivity index (χ4n) is 4.87. The summed E-state index contributed by atoms with van der Waals surface area (Å²) in [7, 11) is 0. The van der Waals surface area contributed by atoms with Crippen LogP contribution in [-0.2, 0) is 0 Å². The number of hydrogen-bond donors (Lipinski definition) is 0. The van der Waals surface area contributed by atoms with Gasteiger partial charge >= 0.3 is 0 Å². The van der Waals surface area contributed by atoms with Gasteiger partial charge in [-0.1, -0.05) is 20.3 Å². The fourth-order valence-corrected chi connectivity index (χ4v) is 4.87. The van der Waals surface area contributed by atoms with Gasteiger partial charge in [0.2, 0.25) is 0 Å². The fraction of sp³-hybridized carbons (Fsp3) is 1.00. The molecule has 0 aliphatic heterocycles. The van der Waals surface area contributed by atoms with E-state index in [-0.39, 0.29) is 0 Å². The molecule has 3 aliphatic rings. The van der Waals surface area contributed by atoms with Crippen molar-refractivity contribution in [1.29, 1.82) is 0 Å². The first kappa shape index (κ1) is 7.41. The van der Waals surface area contributed by atoms with Gasteiger partial charge in [0.15, 0.2) is 0 Å². The molecule has 3 aliphatic carbocycles. The molecule has 0 radical (unpaired) electrons. The molecule has 4 atom stereocenters. The van der Waals surface area contributed by atoms with Crippen LogP contribution in [0.25, 0.3) is 0 Å². The van der Waals surface area contributed by atoms with Crippen LogP contribution >= 0.6 is 0 Å². The van der Waals surface area contributed by atoms with Crippen LogP contribution in [0.15, 0.2) is 0 Å². The maximum atomic E-state index is 2.59. The van der Waals surface area contributed by atoms with Gasteiger partial charge in [0.05, 0.1) is 0 Å². The van der Waals surface area contributed by atoms with Gasteiger partial charge in [-0.2, -0.15) is 0 Å². The van der Waals surface area contributed by atoms with Crippen molar-refractivity contribution in [2.24, 2.45) is 22.7 Å². The highest BCUT2D eigenvalue weighted by Crippen LogP contribution is 2.72. The first-order chi connectivity index (χ1) is 5.67. The molecular formula is C12H20. The summed E-state index contributed by atoms with van der Waals surface area (Å²) in [6, 6.07) is 0. The predicted octanol–water partition coefficient (Wildman–Crippen LogP) is 3.61. The molecular weight excluding hydrogens is 144 g/mol. The second-order valence-corrected chi connectivity index (χ2v) is 5.90. The van der Waals surface area contributed by atoms with E-state index in [4.69, 9.17) is 0 Å². The lowest BCUT2D eigenvalue weighted by molar-refractivity contribution is 0.0392. The SMILES string of the molecule is C[C@@]12CCC[C@]1(C)[C@H]1CC[C@@H]2C1. The lowest BCUT2D eigenvalue weighted by atomic mass is 9.60. The molecule has 0 N–H and O–H groups in total. The Hall–Kier alpha value is 0. The average molecular weight is 164 g/mol. The van der Waals surface area contributed by atoms with Crippen LogP contribution in [-0.4, -0.2) is 0 Å². The minimum absolute atomic E-state index is 0.760. The van der Waals surface area contributed by atoms with E-state index in [0.29, 0.717) is 0 Å². The van der Waals surface area contributed by atoms with E-state index in [2.05, 4.69) is 13.8 Å². The Morgan fingerprint density at radius 2 is 1.42 bits per heavy atom. The number of rotatable bonds is 0. The molecule has 68 valence electrons. The molecule has 0 amide bonds. The minimum atomic E-state index is 0.760. The highest BCUT2D eigenvalue weighted by atomic mass is 14.7. The van der Waals surface area contributed by atoms with E-state index in [1.54, 1.807) is 19.3 Å². The Morgan fingerprint density at radius 3 is 1.92 bits per heavy atom. The topological polar surface area (TPSA) is 0 Å². The van der Waals surface area contributed by atoms with Crippen LogP contribution in [0.4, 0.5) is 0 Å². The van der Waals surface area contributed by atoms with Crippen molar-refractivity contribution in [1.82, 2.24) is 0 Å². The van der Waals surface area contributed by atoms with Crippen molar-refractivity contribution < 1.29 is 0 Å². The third-order valence-electron chi connectivity index (χ3n) is 5.93. The first-order valence-corrected chi connectivity index (χ1v) is 5.67. The standard InChI is InChI=1S/C12H20/c1-11-6-3-7-12(11,2)10-5-4-9(11)8-10/h9-10H,3-8H2,1-2H3/t9-,10+,11+,12-. The lowest BCUT2D eigenvalue weighted by Gasteiger charge is -2.45. The van der Waals surface area contributed by atoms with E-state index < -0.39 is 0 Å². The van der Waals surface area contributed by atoms with Crippen LogP contribution in [0, 0.1) is 22.7 Å². The maximum absolute atomic E-state index is 2.59. The number of fused-ring (bicyclic) bond motifs is 5. The lowest BCUT2D eigenvalue weighted by Crippen LogP contribution is -2.37. The van der Waals surface area contributed by atoms with Gasteiger partial charge in [-0.3, -0.25) is 0 Å². The second kappa shape index (κ2) is 1.91. The normalized spacial score (nSPS) is 62.5. The van der Waals surface area contributed by atoms with Gasteiger partial charge in [0, 0.05) is 0 Å². The molecule has 0 nitrogen and oxygen atoms in total. The van der Waals surface area contributed by atoms with Crippen molar-refractivity contribution in [3.05, 3.63) is 0 Å². The summed E-state index contributed by atoms with van der Waals surface area (Å²) < 4.78 is 0. The molecule has 0 heteroatoms. The molecule has 3 saturated carbocycles. The second-order valence-electron chi connectivity index (χ2n) is 5.90. The molecule has 2 bridgehead atoms. The predicted molar refractivity (Wildman–Crippen MR) is 50.9 cm³/mol. The van der Waals surface area contributed by atoms with Gasteiger partial charge in [-0.25, -0.2) is 0 Å². The third-order valence-corrected chi connectivity index (χ3v) is 5.93. The van der Waals surface area contributed by atoms with Crippen LogP contribution < -0.4 is 0 Å². The summed E-state index contributed by atoms with van der Waals surface area (Å²) in [5, 5.41) is 0. The molecule has 0 aromatic heterocycles. The quantitative estimate of drug-likeness (QED) is 0.513. The van der Waals surface area contributed by atoms with Crippen molar-refractivity contribution in [2.75, 3.05) is 0 Å². The van der Waals surface area contributed by atoms with E-state index in [1.807, 2.05) is 0 Å². The van der Waals surface area contributed by atoms with Crippen LogP contribution in [0.2, 0.25) is 0 Å². The average Bonchev–Trinajstić information content (AvgIpc) is 2.61. The van der Waals surface area contributed by atoms with Crippen molar-refractivity contribution >= 4 is 0 Å². The summed E-state index contributed by atoms with van der Waals surface area (Å²) in [5.41, 5.74) is 1.52. The summed E-state index contributed by atoms with van der Waals surface area (Å²) in [4.78, 5) is 0. The molecule has 0 spiro atoms. The molecule has 0 saturated heterocycles. The van der Waals surface area contributed by atoms with E-state index >= 15 is 0 Å². The molecule has 0 unspecified atom stereocenters. The Labute approximate surface area is 75.7 Å². The van der Waals surface area contributed by atoms with Gasteiger partial charge < -0.3 is 0 Å². The van der Waals surface area contributed by atoms with Gasteiger partial charge in [0.25, 0.3) is 0 Å². The zero-order chi connectivity index (χ0) is 8.40. The van der Waals surface area contributed by atoms with Crippen LogP contribution in [0.3, 0.4) is 0 Å².